The van der Waals surface area contributed by atoms with Gasteiger partial charge in [0.2, 0.25) is 0 Å². The van der Waals surface area contributed by atoms with Crippen LogP contribution in [0.25, 0.3) is 0 Å². The Hall–Kier alpha value is -1.64. The number of nitrogens with zero attached hydrogens (tertiary/aromatic N) is 2. The van der Waals surface area contributed by atoms with Gasteiger partial charge >= 0.3 is 0 Å². The number of benzene rings is 1. The molecule has 2 aliphatic rings. The van der Waals surface area contributed by atoms with Crippen LogP contribution in [0, 0.1) is 17.1 Å². The number of nitrogens with one attached hydrogen (secondary N) is 1. The molecule has 0 radical (unpaired) electrons. The second-order valence-corrected chi connectivity index (χ2v) is 6.65. The Morgan fingerprint density at radius 1 is 1.17 bits per heavy atom. The van der Waals surface area contributed by atoms with E-state index >= 15 is 0 Å². The summed E-state index contributed by atoms with van der Waals surface area (Å²) in [6.07, 6.45) is 6.04. The van der Waals surface area contributed by atoms with Crippen LogP contribution >= 0.6 is 0 Å². The number of aliphatic hydroxyl groups excluding tert-OH is 1. The standard InChI is InChI=1S/C18H24FN3O/c19-15-4-3-5-16(14(15)12-20)21-13-8-10-22(11-9-13)17-6-1-2-7-18(17)23/h3-5,13,17-18,21,23H,1-2,6-11H2. The minimum absolute atomic E-state index is 0.0950. The van der Waals surface area contributed by atoms with Crippen LogP contribution in [-0.2, 0) is 0 Å². The summed E-state index contributed by atoms with van der Waals surface area (Å²) in [5, 5.41) is 22.6. The number of halogens is 1. The molecule has 2 fully saturated rings. The Labute approximate surface area is 136 Å². The van der Waals surface area contributed by atoms with E-state index in [1.165, 1.54) is 12.5 Å². The van der Waals surface area contributed by atoms with Gasteiger partial charge in [0.1, 0.15) is 17.4 Å². The van der Waals surface area contributed by atoms with Crippen LogP contribution in [0.15, 0.2) is 18.2 Å². The smallest absolute Gasteiger partial charge is 0.143 e. The number of piperidine rings is 1. The zero-order valence-corrected chi connectivity index (χ0v) is 13.3. The third-order valence-electron chi connectivity index (χ3n) is 5.18. The molecule has 0 spiro atoms. The number of hydrogen-bond donors (Lipinski definition) is 2. The van der Waals surface area contributed by atoms with Gasteiger partial charge in [-0.1, -0.05) is 18.9 Å². The van der Waals surface area contributed by atoms with Crippen LogP contribution in [-0.4, -0.2) is 41.3 Å². The van der Waals surface area contributed by atoms with Gasteiger partial charge in [-0.3, -0.25) is 4.90 Å². The van der Waals surface area contributed by atoms with Gasteiger partial charge in [0.05, 0.1) is 11.8 Å². The maximum Gasteiger partial charge on any atom is 0.143 e. The summed E-state index contributed by atoms with van der Waals surface area (Å²) in [5.74, 6) is -0.472. The fraction of sp³-hybridized carbons (Fsp3) is 0.611. The van der Waals surface area contributed by atoms with E-state index in [4.69, 9.17) is 5.26 Å². The normalized spacial score (nSPS) is 26.7. The van der Waals surface area contributed by atoms with Gasteiger partial charge in [-0.05, 0) is 37.8 Å². The molecule has 1 aromatic rings. The van der Waals surface area contributed by atoms with Crippen LogP contribution in [0.2, 0.25) is 0 Å². The summed E-state index contributed by atoms with van der Waals surface area (Å²) in [5.41, 5.74) is 0.682. The SMILES string of the molecule is N#Cc1c(F)cccc1NC1CCN(C2CCCCC2O)CC1. The van der Waals surface area contributed by atoms with Crippen molar-refractivity contribution in [3.8, 4) is 6.07 Å². The van der Waals surface area contributed by atoms with Gasteiger partial charge in [-0.25, -0.2) is 4.39 Å². The van der Waals surface area contributed by atoms with Crippen LogP contribution in [0.3, 0.4) is 0 Å². The molecule has 2 unspecified atom stereocenters. The number of hydrogen-bond acceptors (Lipinski definition) is 4. The molecule has 1 aliphatic heterocycles. The monoisotopic (exact) mass is 317 g/mol. The van der Waals surface area contributed by atoms with Gasteiger partial charge in [-0.2, -0.15) is 5.26 Å². The lowest BCUT2D eigenvalue weighted by Crippen LogP contribution is -2.50. The van der Waals surface area contributed by atoms with Crippen LogP contribution in [0.5, 0.6) is 0 Å². The first-order valence-electron chi connectivity index (χ1n) is 8.56. The summed E-state index contributed by atoms with van der Waals surface area (Å²) in [6.45, 7) is 1.88. The third-order valence-corrected chi connectivity index (χ3v) is 5.18. The van der Waals surface area contributed by atoms with Crippen molar-refractivity contribution in [2.45, 2.75) is 56.7 Å². The first kappa shape index (κ1) is 16.2. The van der Waals surface area contributed by atoms with Gasteiger partial charge in [0.25, 0.3) is 0 Å². The van der Waals surface area contributed by atoms with E-state index in [1.54, 1.807) is 12.1 Å². The van der Waals surface area contributed by atoms with E-state index < -0.39 is 5.82 Å². The minimum atomic E-state index is -0.472. The molecule has 2 N–H and O–H groups in total. The van der Waals surface area contributed by atoms with Gasteiger partial charge in [-0.15, -0.1) is 0 Å². The first-order chi connectivity index (χ1) is 11.2. The molecule has 0 aromatic heterocycles. The Morgan fingerprint density at radius 3 is 2.61 bits per heavy atom. The predicted molar refractivity (Wildman–Crippen MR) is 87.6 cm³/mol. The molecule has 1 saturated carbocycles. The average Bonchev–Trinajstić information content (AvgIpc) is 2.56. The van der Waals surface area contributed by atoms with E-state index in [0.717, 1.165) is 45.2 Å². The molecule has 1 aromatic carbocycles. The molecule has 0 amide bonds. The number of nitriles is 1. The first-order valence-corrected chi connectivity index (χ1v) is 8.56. The van der Waals surface area contributed by atoms with Crippen LogP contribution in [0.1, 0.15) is 44.1 Å². The lowest BCUT2D eigenvalue weighted by Gasteiger charge is -2.41. The highest BCUT2D eigenvalue weighted by molar-refractivity contribution is 5.58. The van der Waals surface area contributed by atoms with Crippen molar-refractivity contribution < 1.29 is 9.50 Å². The van der Waals surface area contributed by atoms with Crippen molar-refractivity contribution in [3.05, 3.63) is 29.6 Å². The van der Waals surface area contributed by atoms with Gasteiger partial charge in [0, 0.05) is 25.2 Å². The number of anilines is 1. The molecular formula is C18H24FN3O. The lowest BCUT2D eigenvalue weighted by molar-refractivity contribution is 0.00993. The molecule has 4 nitrogen and oxygen atoms in total. The maximum absolute atomic E-state index is 13.7. The van der Waals surface area contributed by atoms with Crippen LogP contribution < -0.4 is 5.32 Å². The summed E-state index contributed by atoms with van der Waals surface area (Å²) in [4.78, 5) is 2.40. The highest BCUT2D eigenvalue weighted by atomic mass is 19.1. The van der Waals surface area contributed by atoms with E-state index in [2.05, 4.69) is 10.2 Å². The van der Waals surface area contributed by atoms with Crippen molar-refractivity contribution in [1.82, 2.24) is 4.90 Å². The Morgan fingerprint density at radius 2 is 1.91 bits per heavy atom. The Balaban J connectivity index is 1.57. The second kappa shape index (κ2) is 7.29. The number of rotatable bonds is 3. The highest BCUT2D eigenvalue weighted by Crippen LogP contribution is 2.27. The summed E-state index contributed by atoms with van der Waals surface area (Å²) >= 11 is 0. The van der Waals surface area contributed by atoms with E-state index in [-0.39, 0.29) is 17.7 Å². The summed E-state index contributed by atoms with van der Waals surface area (Å²) < 4.78 is 13.7. The van der Waals surface area contributed by atoms with Crippen molar-refractivity contribution in [2.75, 3.05) is 18.4 Å². The predicted octanol–water partition coefficient (Wildman–Crippen LogP) is 2.88. The minimum Gasteiger partial charge on any atom is -0.391 e. The van der Waals surface area contributed by atoms with Crippen molar-refractivity contribution in [2.24, 2.45) is 0 Å². The van der Waals surface area contributed by atoms with Crippen molar-refractivity contribution in [1.29, 1.82) is 5.26 Å². The number of aliphatic hydroxyl groups is 1. The van der Waals surface area contributed by atoms with Gasteiger partial charge in [0.15, 0.2) is 0 Å². The molecule has 2 atom stereocenters. The molecule has 0 bridgehead atoms. The molecule has 3 rings (SSSR count). The molecule has 1 saturated heterocycles. The Bertz CT molecular complexity index is 578. The van der Waals surface area contributed by atoms with Crippen molar-refractivity contribution >= 4 is 5.69 Å². The molecular weight excluding hydrogens is 293 g/mol. The number of likely N-dealkylation sites (tertiary alicyclic amines) is 1. The van der Waals surface area contributed by atoms with Gasteiger partial charge < -0.3 is 10.4 Å². The molecule has 1 heterocycles. The second-order valence-electron chi connectivity index (χ2n) is 6.65. The van der Waals surface area contributed by atoms with E-state index in [0.29, 0.717) is 11.7 Å². The van der Waals surface area contributed by atoms with E-state index in [9.17, 15) is 9.50 Å². The Kier molecular flexibility index (Phi) is 5.14. The zero-order valence-electron chi connectivity index (χ0n) is 13.3. The van der Waals surface area contributed by atoms with Crippen LogP contribution in [0.4, 0.5) is 10.1 Å². The average molecular weight is 317 g/mol. The largest absolute Gasteiger partial charge is 0.391 e. The quantitative estimate of drug-likeness (QED) is 0.900. The fourth-order valence-corrected chi connectivity index (χ4v) is 3.87. The summed E-state index contributed by atoms with van der Waals surface area (Å²) in [7, 11) is 0. The van der Waals surface area contributed by atoms with Crippen molar-refractivity contribution in [3.63, 3.8) is 0 Å². The topological polar surface area (TPSA) is 59.3 Å². The third kappa shape index (κ3) is 3.65. The fourth-order valence-electron chi connectivity index (χ4n) is 3.87. The zero-order chi connectivity index (χ0) is 16.2. The molecule has 5 heteroatoms. The molecule has 1 aliphatic carbocycles. The molecule has 124 valence electrons. The van der Waals surface area contributed by atoms with E-state index in [1.807, 2.05) is 6.07 Å². The molecule has 23 heavy (non-hydrogen) atoms. The maximum atomic E-state index is 13.7. The summed E-state index contributed by atoms with van der Waals surface area (Å²) in [6, 6.07) is 7.20. The lowest BCUT2D eigenvalue weighted by atomic mass is 9.89. The highest BCUT2D eigenvalue weighted by Gasteiger charge is 2.31.